The molecule has 1 atom stereocenters. The van der Waals surface area contributed by atoms with Gasteiger partial charge < -0.3 is 16.0 Å². The Hall–Kier alpha value is -2.12. The fourth-order valence-electron chi connectivity index (χ4n) is 2.67. The molecule has 0 unspecified atom stereocenters. The molecule has 3 amide bonds. The molecule has 7 heteroatoms. The van der Waals surface area contributed by atoms with Crippen molar-refractivity contribution in [3.8, 4) is 0 Å². The van der Waals surface area contributed by atoms with Crippen LogP contribution in [-0.2, 0) is 4.79 Å². The van der Waals surface area contributed by atoms with Gasteiger partial charge in [-0.25, -0.2) is 4.79 Å². The van der Waals surface area contributed by atoms with Crippen LogP contribution in [-0.4, -0.2) is 11.9 Å². The van der Waals surface area contributed by atoms with E-state index in [4.69, 9.17) is 0 Å². The Morgan fingerprint density at radius 2 is 1.76 bits per heavy atom. The van der Waals surface area contributed by atoms with Crippen LogP contribution >= 0.6 is 31.9 Å². The van der Waals surface area contributed by atoms with E-state index >= 15 is 0 Å². The van der Waals surface area contributed by atoms with Crippen molar-refractivity contribution in [3.05, 3.63) is 74.3 Å². The lowest BCUT2D eigenvalue weighted by atomic mass is 9.95. The van der Waals surface area contributed by atoms with Crippen LogP contribution in [0.2, 0.25) is 0 Å². The van der Waals surface area contributed by atoms with Gasteiger partial charge in [-0.1, -0.05) is 50.1 Å². The lowest BCUT2D eigenvalue weighted by molar-refractivity contribution is -0.113. The van der Waals surface area contributed by atoms with Gasteiger partial charge >= 0.3 is 6.03 Å². The second-order valence-corrected chi connectivity index (χ2v) is 7.32. The maximum Gasteiger partial charge on any atom is 0.319 e. The maximum absolute atomic E-state index is 12.9. The van der Waals surface area contributed by atoms with E-state index in [0.717, 1.165) is 14.5 Å². The fourth-order valence-corrected chi connectivity index (χ4v) is 3.45. The third-order valence-corrected chi connectivity index (χ3v) is 5.08. The maximum atomic E-state index is 12.9. The standard InChI is InChI=1S/C18H15Br2N3O2/c1-10-15(17(24)22-12-8-6-11(19)7-9-12)16(23-18(25)21-10)13-4-2-3-5-14(13)20/h2-9,16H,1H3,(H,22,24)(H2,21,23,25)/t16-/m1/s1. The third kappa shape index (κ3) is 3.93. The van der Waals surface area contributed by atoms with Gasteiger partial charge in [0.25, 0.3) is 5.91 Å². The summed E-state index contributed by atoms with van der Waals surface area (Å²) in [7, 11) is 0. The molecule has 0 radical (unpaired) electrons. The molecule has 0 bridgehead atoms. The molecular weight excluding hydrogens is 450 g/mol. The van der Waals surface area contributed by atoms with Gasteiger partial charge in [0.05, 0.1) is 11.6 Å². The Morgan fingerprint density at radius 1 is 1.08 bits per heavy atom. The van der Waals surface area contributed by atoms with Crippen LogP contribution in [0, 0.1) is 0 Å². The van der Waals surface area contributed by atoms with E-state index < -0.39 is 6.04 Å². The second-order valence-electron chi connectivity index (χ2n) is 5.55. The number of nitrogens with one attached hydrogen (secondary N) is 3. The number of anilines is 1. The summed E-state index contributed by atoms with van der Waals surface area (Å²) in [6, 6.07) is 13.9. The molecule has 0 saturated heterocycles. The van der Waals surface area contributed by atoms with E-state index in [1.807, 2.05) is 36.4 Å². The molecule has 3 N–H and O–H groups in total. The molecule has 1 aliphatic heterocycles. The van der Waals surface area contributed by atoms with Crippen molar-refractivity contribution in [2.45, 2.75) is 13.0 Å². The number of rotatable bonds is 3. The summed E-state index contributed by atoms with van der Waals surface area (Å²) < 4.78 is 1.75. The molecule has 1 heterocycles. The molecule has 25 heavy (non-hydrogen) atoms. The first-order valence-corrected chi connectivity index (χ1v) is 9.14. The van der Waals surface area contributed by atoms with Crippen LogP contribution in [0.25, 0.3) is 0 Å². The van der Waals surface area contributed by atoms with Gasteiger partial charge in [-0.2, -0.15) is 0 Å². The minimum atomic E-state index is -0.542. The molecule has 5 nitrogen and oxygen atoms in total. The van der Waals surface area contributed by atoms with Gasteiger partial charge in [0, 0.05) is 20.3 Å². The van der Waals surface area contributed by atoms with Crippen molar-refractivity contribution in [1.29, 1.82) is 0 Å². The van der Waals surface area contributed by atoms with Gasteiger partial charge in [-0.15, -0.1) is 0 Å². The van der Waals surface area contributed by atoms with Crippen LogP contribution in [0.4, 0.5) is 10.5 Å². The van der Waals surface area contributed by atoms with Crippen molar-refractivity contribution in [2.75, 3.05) is 5.32 Å². The monoisotopic (exact) mass is 463 g/mol. The number of hydrogen-bond acceptors (Lipinski definition) is 2. The zero-order valence-corrected chi connectivity index (χ0v) is 16.4. The first-order valence-electron chi connectivity index (χ1n) is 7.55. The molecule has 0 aliphatic carbocycles. The zero-order chi connectivity index (χ0) is 18.0. The highest BCUT2D eigenvalue weighted by Gasteiger charge is 2.32. The molecule has 0 saturated carbocycles. The molecule has 2 aromatic carbocycles. The normalized spacial score (nSPS) is 16.9. The largest absolute Gasteiger partial charge is 0.327 e. The van der Waals surface area contributed by atoms with Crippen molar-refractivity contribution in [1.82, 2.24) is 10.6 Å². The number of allylic oxidation sites excluding steroid dienone is 1. The SMILES string of the molecule is CC1=C(C(=O)Nc2ccc(Br)cc2)[C@@H](c2ccccc2Br)NC(=O)N1. The Balaban J connectivity index is 1.96. The lowest BCUT2D eigenvalue weighted by Crippen LogP contribution is -2.46. The highest BCUT2D eigenvalue weighted by atomic mass is 79.9. The zero-order valence-electron chi connectivity index (χ0n) is 13.3. The summed E-state index contributed by atoms with van der Waals surface area (Å²) in [5.74, 6) is -0.270. The highest BCUT2D eigenvalue weighted by Crippen LogP contribution is 2.32. The number of hydrogen-bond donors (Lipinski definition) is 3. The summed E-state index contributed by atoms with van der Waals surface area (Å²) >= 11 is 6.86. The summed E-state index contributed by atoms with van der Waals surface area (Å²) in [6.07, 6.45) is 0. The molecule has 128 valence electrons. The number of carbonyl (C=O) groups is 2. The quantitative estimate of drug-likeness (QED) is 0.626. The van der Waals surface area contributed by atoms with E-state index in [0.29, 0.717) is 17.0 Å². The fraction of sp³-hybridized carbons (Fsp3) is 0.111. The summed E-state index contributed by atoms with van der Waals surface area (Å²) in [5.41, 5.74) is 2.49. The van der Waals surface area contributed by atoms with Crippen LogP contribution in [0.15, 0.2) is 68.7 Å². The Kier molecular flexibility index (Phi) is 5.24. The van der Waals surface area contributed by atoms with Gasteiger partial charge in [0.2, 0.25) is 0 Å². The first-order chi connectivity index (χ1) is 12.0. The third-order valence-electron chi connectivity index (χ3n) is 3.83. The smallest absolute Gasteiger partial charge is 0.319 e. The van der Waals surface area contributed by atoms with Gasteiger partial charge in [0.15, 0.2) is 0 Å². The molecule has 1 aliphatic rings. The van der Waals surface area contributed by atoms with E-state index in [1.165, 1.54) is 0 Å². The average Bonchev–Trinajstić information content (AvgIpc) is 2.56. The van der Waals surface area contributed by atoms with Gasteiger partial charge in [-0.3, -0.25) is 4.79 Å². The van der Waals surface area contributed by atoms with Gasteiger partial charge in [0.1, 0.15) is 0 Å². The molecule has 2 aromatic rings. The van der Waals surface area contributed by atoms with Crippen LogP contribution in [0.1, 0.15) is 18.5 Å². The summed E-state index contributed by atoms with van der Waals surface area (Å²) in [5, 5.41) is 8.37. The predicted molar refractivity (Wildman–Crippen MR) is 104 cm³/mol. The number of benzene rings is 2. The minimum Gasteiger partial charge on any atom is -0.327 e. The average molecular weight is 465 g/mol. The van der Waals surface area contributed by atoms with Gasteiger partial charge in [-0.05, 0) is 42.8 Å². The molecule has 0 aromatic heterocycles. The summed E-state index contributed by atoms with van der Waals surface area (Å²) in [4.78, 5) is 24.8. The molecule has 3 rings (SSSR count). The highest BCUT2D eigenvalue weighted by molar-refractivity contribution is 9.10. The van der Waals surface area contributed by atoms with Crippen LogP contribution < -0.4 is 16.0 Å². The van der Waals surface area contributed by atoms with Crippen molar-refractivity contribution >= 4 is 49.5 Å². The first kappa shape index (κ1) is 17.7. The Morgan fingerprint density at radius 3 is 2.44 bits per heavy atom. The topological polar surface area (TPSA) is 70.2 Å². The molecular formula is C18H15Br2N3O2. The Labute approximate surface area is 162 Å². The van der Waals surface area contributed by atoms with E-state index in [2.05, 4.69) is 47.8 Å². The van der Waals surface area contributed by atoms with E-state index in [9.17, 15) is 9.59 Å². The predicted octanol–water partition coefficient (Wildman–Crippen LogP) is 4.48. The van der Waals surface area contributed by atoms with Crippen molar-refractivity contribution in [2.24, 2.45) is 0 Å². The number of carbonyl (C=O) groups excluding carboxylic acids is 2. The number of halogens is 2. The minimum absolute atomic E-state index is 0.270. The van der Waals surface area contributed by atoms with Crippen molar-refractivity contribution < 1.29 is 9.59 Å². The van der Waals surface area contributed by atoms with E-state index in [1.54, 1.807) is 19.1 Å². The number of urea groups is 1. The van der Waals surface area contributed by atoms with Crippen LogP contribution in [0.5, 0.6) is 0 Å². The second kappa shape index (κ2) is 7.41. The summed E-state index contributed by atoms with van der Waals surface area (Å²) in [6.45, 7) is 1.72. The Bertz CT molecular complexity index is 863. The lowest BCUT2D eigenvalue weighted by Gasteiger charge is -2.29. The van der Waals surface area contributed by atoms with E-state index in [-0.39, 0.29) is 11.9 Å². The van der Waals surface area contributed by atoms with Crippen molar-refractivity contribution in [3.63, 3.8) is 0 Å². The molecule has 0 fully saturated rings. The number of amides is 3. The molecule has 0 spiro atoms. The van der Waals surface area contributed by atoms with Crippen LogP contribution in [0.3, 0.4) is 0 Å².